The van der Waals surface area contributed by atoms with Gasteiger partial charge in [-0.25, -0.2) is 0 Å². The second-order valence-electron chi connectivity index (χ2n) is 1.49. The molecule has 0 aliphatic rings. The predicted molar refractivity (Wildman–Crippen MR) is 36.7 cm³/mol. The molecule has 0 unspecified atom stereocenters. The SMILES string of the molecule is CCCC#CCN=[N+]=[N-]. The van der Waals surface area contributed by atoms with E-state index in [9.17, 15) is 0 Å². The summed E-state index contributed by atoms with van der Waals surface area (Å²) in [5, 5.41) is 3.25. The van der Waals surface area contributed by atoms with E-state index >= 15 is 0 Å². The molecular weight excluding hydrogens is 114 g/mol. The van der Waals surface area contributed by atoms with Crippen LogP contribution >= 0.6 is 0 Å². The van der Waals surface area contributed by atoms with Crippen molar-refractivity contribution in [1.82, 2.24) is 0 Å². The van der Waals surface area contributed by atoms with Crippen molar-refractivity contribution in [3.63, 3.8) is 0 Å². The number of unbranched alkanes of at least 4 members (excludes halogenated alkanes) is 1. The molecule has 0 N–H and O–H groups in total. The lowest BCUT2D eigenvalue weighted by molar-refractivity contribution is 0.981. The van der Waals surface area contributed by atoms with E-state index in [0.29, 0.717) is 6.54 Å². The molecule has 0 radical (unpaired) electrons. The van der Waals surface area contributed by atoms with Crippen LogP contribution in [0.15, 0.2) is 5.11 Å². The van der Waals surface area contributed by atoms with Crippen LogP contribution in [0.2, 0.25) is 0 Å². The van der Waals surface area contributed by atoms with Crippen molar-refractivity contribution in [2.75, 3.05) is 6.54 Å². The summed E-state index contributed by atoms with van der Waals surface area (Å²) in [6.45, 7) is 2.36. The monoisotopic (exact) mass is 123 g/mol. The van der Waals surface area contributed by atoms with Gasteiger partial charge in [-0.2, -0.15) is 0 Å². The molecule has 0 aromatic rings. The van der Waals surface area contributed by atoms with E-state index in [1.807, 2.05) is 0 Å². The summed E-state index contributed by atoms with van der Waals surface area (Å²) in [5.41, 5.74) is 7.81. The quantitative estimate of drug-likeness (QED) is 0.234. The molecule has 0 aliphatic heterocycles. The number of rotatable bonds is 2. The Balaban J connectivity index is 3.26. The molecule has 0 amide bonds. The second kappa shape index (κ2) is 6.87. The van der Waals surface area contributed by atoms with Gasteiger partial charge in [0.2, 0.25) is 0 Å². The van der Waals surface area contributed by atoms with E-state index in [-0.39, 0.29) is 0 Å². The Kier molecular flexibility index (Phi) is 6.01. The van der Waals surface area contributed by atoms with E-state index in [1.165, 1.54) is 0 Å². The van der Waals surface area contributed by atoms with Crippen LogP contribution < -0.4 is 0 Å². The standard InChI is InChI=1S/C6H9N3/c1-2-3-4-5-6-8-9-7/h2-3,6H2,1H3. The average Bonchev–Trinajstić information content (AvgIpc) is 1.89. The molecule has 0 spiro atoms. The molecule has 0 fully saturated rings. The van der Waals surface area contributed by atoms with Crippen LogP contribution in [0.25, 0.3) is 10.4 Å². The largest absolute Gasteiger partial charge is 0.103 e. The molecule has 0 bridgehead atoms. The highest BCUT2D eigenvalue weighted by molar-refractivity contribution is 5.00. The predicted octanol–water partition coefficient (Wildman–Crippen LogP) is 2.10. The van der Waals surface area contributed by atoms with Gasteiger partial charge >= 0.3 is 0 Å². The molecule has 0 saturated carbocycles. The minimum Gasteiger partial charge on any atom is -0.103 e. The van der Waals surface area contributed by atoms with E-state index in [1.54, 1.807) is 0 Å². The van der Waals surface area contributed by atoms with Crippen LogP contribution in [-0.4, -0.2) is 6.54 Å². The summed E-state index contributed by atoms with van der Waals surface area (Å²) in [4.78, 5) is 2.56. The minimum absolute atomic E-state index is 0.302. The van der Waals surface area contributed by atoms with Crippen molar-refractivity contribution < 1.29 is 0 Å². The van der Waals surface area contributed by atoms with Gasteiger partial charge in [0, 0.05) is 11.3 Å². The molecule has 3 heteroatoms. The first-order chi connectivity index (χ1) is 4.41. The number of hydrogen-bond donors (Lipinski definition) is 0. The normalized spacial score (nSPS) is 6.78. The Morgan fingerprint density at radius 3 is 2.89 bits per heavy atom. The smallest absolute Gasteiger partial charge is 0.0876 e. The highest BCUT2D eigenvalue weighted by atomic mass is 15.1. The van der Waals surface area contributed by atoms with Gasteiger partial charge in [0.1, 0.15) is 0 Å². The fourth-order valence-electron chi connectivity index (χ4n) is 0.336. The van der Waals surface area contributed by atoms with Gasteiger partial charge in [-0.3, -0.25) is 0 Å². The summed E-state index contributed by atoms with van der Waals surface area (Å²) in [5.74, 6) is 5.57. The highest BCUT2D eigenvalue weighted by Crippen LogP contribution is 1.80. The molecule has 0 aliphatic carbocycles. The van der Waals surface area contributed by atoms with Crippen molar-refractivity contribution in [3.8, 4) is 11.8 Å². The third-order valence-electron chi connectivity index (χ3n) is 0.713. The fourth-order valence-corrected chi connectivity index (χ4v) is 0.336. The molecule has 9 heavy (non-hydrogen) atoms. The molecule has 0 rings (SSSR count). The van der Waals surface area contributed by atoms with Crippen molar-refractivity contribution in [1.29, 1.82) is 0 Å². The summed E-state index contributed by atoms with van der Waals surface area (Å²) in [6.07, 6.45) is 1.95. The summed E-state index contributed by atoms with van der Waals surface area (Å²) < 4.78 is 0. The first kappa shape index (κ1) is 7.87. The number of nitrogens with zero attached hydrogens (tertiary/aromatic N) is 3. The first-order valence-corrected chi connectivity index (χ1v) is 2.88. The Bertz CT molecular complexity index is 157. The summed E-state index contributed by atoms with van der Waals surface area (Å²) in [6, 6.07) is 0. The van der Waals surface area contributed by atoms with Crippen LogP contribution in [0.3, 0.4) is 0 Å². The lowest BCUT2D eigenvalue weighted by Gasteiger charge is -1.74. The molecule has 0 atom stereocenters. The zero-order chi connectivity index (χ0) is 6.95. The van der Waals surface area contributed by atoms with Crippen LogP contribution in [0.4, 0.5) is 0 Å². The van der Waals surface area contributed by atoms with Gasteiger partial charge in [0.25, 0.3) is 0 Å². The van der Waals surface area contributed by atoms with Crippen molar-refractivity contribution >= 4 is 0 Å². The van der Waals surface area contributed by atoms with Crippen molar-refractivity contribution in [2.45, 2.75) is 19.8 Å². The van der Waals surface area contributed by atoms with E-state index < -0.39 is 0 Å². The Morgan fingerprint density at radius 2 is 2.33 bits per heavy atom. The van der Waals surface area contributed by atoms with Gasteiger partial charge < -0.3 is 0 Å². The average molecular weight is 123 g/mol. The Hall–Kier alpha value is -1.13. The molecule has 0 heterocycles. The molecule has 3 nitrogen and oxygen atoms in total. The lowest BCUT2D eigenvalue weighted by Crippen LogP contribution is -1.67. The third kappa shape index (κ3) is 6.87. The van der Waals surface area contributed by atoms with Crippen molar-refractivity contribution in [3.05, 3.63) is 10.4 Å². The van der Waals surface area contributed by atoms with Crippen LogP contribution in [0.1, 0.15) is 19.8 Å². The molecule has 48 valence electrons. The van der Waals surface area contributed by atoms with Crippen LogP contribution in [0.5, 0.6) is 0 Å². The highest BCUT2D eigenvalue weighted by Gasteiger charge is 1.68. The minimum atomic E-state index is 0.302. The van der Waals surface area contributed by atoms with Gasteiger partial charge in [-0.1, -0.05) is 18.0 Å². The topological polar surface area (TPSA) is 48.8 Å². The van der Waals surface area contributed by atoms with Gasteiger partial charge in [0.05, 0.1) is 6.54 Å². The number of azide groups is 1. The molecule has 0 saturated heterocycles. The molecular formula is C6H9N3. The fraction of sp³-hybridized carbons (Fsp3) is 0.667. The zero-order valence-corrected chi connectivity index (χ0v) is 5.46. The second-order valence-corrected chi connectivity index (χ2v) is 1.49. The van der Waals surface area contributed by atoms with Gasteiger partial charge in [0.15, 0.2) is 0 Å². The van der Waals surface area contributed by atoms with Gasteiger partial charge in [-0.15, -0.1) is 5.92 Å². The lowest BCUT2D eigenvalue weighted by atomic mass is 10.3. The van der Waals surface area contributed by atoms with Crippen LogP contribution in [-0.2, 0) is 0 Å². The van der Waals surface area contributed by atoms with Crippen molar-refractivity contribution in [2.24, 2.45) is 5.11 Å². The first-order valence-electron chi connectivity index (χ1n) is 2.88. The van der Waals surface area contributed by atoms with Crippen LogP contribution in [0, 0.1) is 11.8 Å². The number of hydrogen-bond acceptors (Lipinski definition) is 1. The maximum absolute atomic E-state index is 7.81. The molecule has 0 aromatic heterocycles. The summed E-state index contributed by atoms with van der Waals surface area (Å²) in [7, 11) is 0. The zero-order valence-electron chi connectivity index (χ0n) is 5.46. The Labute approximate surface area is 54.7 Å². The Morgan fingerprint density at radius 1 is 1.56 bits per heavy atom. The van der Waals surface area contributed by atoms with E-state index in [4.69, 9.17) is 5.53 Å². The summed E-state index contributed by atoms with van der Waals surface area (Å²) >= 11 is 0. The van der Waals surface area contributed by atoms with E-state index in [0.717, 1.165) is 12.8 Å². The van der Waals surface area contributed by atoms with E-state index in [2.05, 4.69) is 28.8 Å². The molecule has 0 aromatic carbocycles. The van der Waals surface area contributed by atoms with Gasteiger partial charge in [-0.05, 0) is 12.0 Å². The maximum Gasteiger partial charge on any atom is 0.0876 e. The third-order valence-corrected chi connectivity index (χ3v) is 0.713. The maximum atomic E-state index is 7.81.